The zero-order chi connectivity index (χ0) is 29.4. The standard InChI is InChI=1S/C31H39F3N2O3S/c1-20-21(2)23(4)30(24(5)22(20)3)40(38,39)36-17-13-27(14-18-36)26-11-15-35(16-12-26)29(37)10-9-25-7-6-8-28(19-25)31(32,33)34/h6-10,19,26-27H,11-18H2,1-5H3/b10-9+. The Balaban J connectivity index is 1.32. The second kappa shape index (κ2) is 11.7. The Morgan fingerprint density at radius 3 is 1.85 bits per heavy atom. The minimum absolute atomic E-state index is 0.203. The summed E-state index contributed by atoms with van der Waals surface area (Å²) in [5.41, 5.74) is 4.47. The fourth-order valence-electron chi connectivity index (χ4n) is 6.25. The molecule has 2 aromatic rings. The molecule has 2 fully saturated rings. The molecule has 0 aliphatic carbocycles. The molecule has 4 rings (SSSR count). The number of likely N-dealkylation sites (tertiary alicyclic amines) is 1. The predicted octanol–water partition coefficient (Wildman–Crippen LogP) is 6.60. The van der Waals surface area contributed by atoms with Gasteiger partial charge in [-0.2, -0.15) is 17.5 Å². The number of halogens is 3. The molecule has 40 heavy (non-hydrogen) atoms. The van der Waals surface area contributed by atoms with E-state index in [0.717, 1.165) is 65.6 Å². The van der Waals surface area contributed by atoms with Crippen LogP contribution in [0.1, 0.15) is 64.6 Å². The maximum absolute atomic E-state index is 13.7. The highest BCUT2D eigenvalue weighted by atomic mass is 32.2. The number of hydrogen-bond donors (Lipinski definition) is 0. The van der Waals surface area contributed by atoms with E-state index in [1.54, 1.807) is 15.3 Å². The Kier molecular flexibility index (Phi) is 8.85. The van der Waals surface area contributed by atoms with Crippen molar-refractivity contribution >= 4 is 22.0 Å². The Morgan fingerprint density at radius 1 is 0.825 bits per heavy atom. The molecule has 2 heterocycles. The summed E-state index contributed by atoms with van der Waals surface area (Å²) in [5.74, 6) is 0.632. The first-order valence-electron chi connectivity index (χ1n) is 13.9. The van der Waals surface area contributed by atoms with Crippen LogP contribution < -0.4 is 0 Å². The van der Waals surface area contributed by atoms with Crippen LogP contribution in [0.5, 0.6) is 0 Å². The van der Waals surface area contributed by atoms with E-state index in [-0.39, 0.29) is 5.91 Å². The van der Waals surface area contributed by atoms with Gasteiger partial charge in [-0.25, -0.2) is 8.42 Å². The van der Waals surface area contributed by atoms with Crippen LogP contribution in [0.3, 0.4) is 0 Å². The maximum Gasteiger partial charge on any atom is 0.416 e. The number of carbonyl (C=O) groups excluding carboxylic acids is 1. The number of sulfonamides is 1. The van der Waals surface area contributed by atoms with Crippen molar-refractivity contribution in [3.63, 3.8) is 0 Å². The minimum Gasteiger partial charge on any atom is -0.339 e. The van der Waals surface area contributed by atoms with Crippen molar-refractivity contribution in [1.82, 2.24) is 9.21 Å². The SMILES string of the molecule is Cc1c(C)c(C)c(S(=O)(=O)N2CCC(C3CCN(C(=O)/C=C/c4cccc(C(F)(F)F)c4)CC3)CC2)c(C)c1C. The molecule has 2 saturated heterocycles. The van der Waals surface area contributed by atoms with E-state index in [1.807, 2.05) is 34.6 Å². The number of benzene rings is 2. The van der Waals surface area contributed by atoms with Crippen molar-refractivity contribution in [3.05, 3.63) is 69.3 Å². The number of carbonyl (C=O) groups is 1. The van der Waals surface area contributed by atoms with Gasteiger partial charge in [0.05, 0.1) is 10.5 Å². The second-order valence-electron chi connectivity index (χ2n) is 11.3. The van der Waals surface area contributed by atoms with E-state index >= 15 is 0 Å². The number of piperidine rings is 2. The largest absolute Gasteiger partial charge is 0.416 e. The van der Waals surface area contributed by atoms with Crippen molar-refractivity contribution in [3.8, 4) is 0 Å². The van der Waals surface area contributed by atoms with Crippen molar-refractivity contribution in [2.45, 2.75) is 71.4 Å². The summed E-state index contributed by atoms with van der Waals surface area (Å²) in [7, 11) is -3.59. The van der Waals surface area contributed by atoms with Crippen LogP contribution in [0.2, 0.25) is 0 Å². The third-order valence-corrected chi connectivity index (χ3v) is 11.4. The zero-order valence-corrected chi connectivity index (χ0v) is 24.8. The minimum atomic E-state index is -4.42. The van der Waals surface area contributed by atoms with Crippen molar-refractivity contribution in [1.29, 1.82) is 0 Å². The number of amides is 1. The molecule has 2 aliphatic heterocycles. The lowest BCUT2D eigenvalue weighted by atomic mass is 9.79. The van der Waals surface area contributed by atoms with Crippen LogP contribution in [0, 0.1) is 46.5 Å². The summed E-state index contributed by atoms with van der Waals surface area (Å²) in [6, 6.07) is 4.92. The van der Waals surface area contributed by atoms with Crippen molar-refractivity contribution in [2.24, 2.45) is 11.8 Å². The van der Waals surface area contributed by atoms with Crippen LogP contribution in [0.15, 0.2) is 35.2 Å². The third-order valence-electron chi connectivity index (χ3n) is 9.18. The monoisotopic (exact) mass is 576 g/mol. The summed E-state index contributed by atoms with van der Waals surface area (Å²) in [4.78, 5) is 14.9. The topological polar surface area (TPSA) is 57.7 Å². The van der Waals surface area contributed by atoms with E-state index in [2.05, 4.69) is 0 Å². The van der Waals surface area contributed by atoms with Gasteiger partial charge in [0.2, 0.25) is 15.9 Å². The van der Waals surface area contributed by atoms with Crippen LogP contribution in [-0.2, 0) is 21.0 Å². The summed E-state index contributed by atoms with van der Waals surface area (Å²) in [6.45, 7) is 12.0. The van der Waals surface area contributed by atoms with E-state index in [4.69, 9.17) is 0 Å². The van der Waals surface area contributed by atoms with Gasteiger partial charge in [0.15, 0.2) is 0 Å². The maximum atomic E-state index is 13.7. The molecule has 0 N–H and O–H groups in total. The molecule has 0 radical (unpaired) electrons. The van der Waals surface area contributed by atoms with Crippen LogP contribution >= 0.6 is 0 Å². The molecule has 5 nitrogen and oxygen atoms in total. The lowest BCUT2D eigenvalue weighted by Gasteiger charge is -2.40. The normalized spacial score (nSPS) is 18.6. The lowest BCUT2D eigenvalue weighted by molar-refractivity contribution is -0.137. The molecule has 0 bridgehead atoms. The molecular formula is C31H39F3N2O3S. The first-order chi connectivity index (χ1) is 18.7. The molecule has 2 aromatic carbocycles. The second-order valence-corrected chi connectivity index (χ2v) is 13.2. The van der Waals surface area contributed by atoms with E-state index in [9.17, 15) is 26.4 Å². The van der Waals surface area contributed by atoms with Gasteiger partial charge < -0.3 is 4.90 Å². The Hall–Kier alpha value is -2.65. The van der Waals surface area contributed by atoms with Gasteiger partial charge >= 0.3 is 6.18 Å². The first kappa shape index (κ1) is 30.3. The van der Waals surface area contributed by atoms with E-state index in [0.29, 0.717) is 48.5 Å². The van der Waals surface area contributed by atoms with E-state index in [1.165, 1.54) is 18.2 Å². The number of hydrogen-bond acceptors (Lipinski definition) is 3. The molecule has 0 unspecified atom stereocenters. The first-order valence-corrected chi connectivity index (χ1v) is 15.4. The summed E-state index contributed by atoms with van der Waals surface area (Å²) < 4.78 is 67.9. The molecule has 0 spiro atoms. The summed E-state index contributed by atoms with van der Waals surface area (Å²) in [5, 5.41) is 0. The van der Waals surface area contributed by atoms with Crippen molar-refractivity contribution in [2.75, 3.05) is 26.2 Å². The van der Waals surface area contributed by atoms with Gasteiger partial charge in [-0.1, -0.05) is 12.1 Å². The molecule has 2 aliphatic rings. The lowest BCUT2D eigenvalue weighted by Crippen LogP contribution is -2.44. The van der Waals surface area contributed by atoms with Gasteiger partial charge in [-0.05, 0) is 124 Å². The highest BCUT2D eigenvalue weighted by molar-refractivity contribution is 7.89. The van der Waals surface area contributed by atoms with Crippen molar-refractivity contribution < 1.29 is 26.4 Å². The van der Waals surface area contributed by atoms with Gasteiger partial charge in [0.1, 0.15) is 0 Å². The third kappa shape index (κ3) is 6.15. The fraction of sp³-hybridized carbons (Fsp3) is 0.516. The van der Waals surface area contributed by atoms with Crippen LogP contribution in [-0.4, -0.2) is 49.7 Å². The zero-order valence-electron chi connectivity index (χ0n) is 23.9. The molecular weight excluding hydrogens is 537 g/mol. The smallest absolute Gasteiger partial charge is 0.339 e. The molecule has 0 saturated carbocycles. The molecule has 1 amide bonds. The number of alkyl halides is 3. The molecule has 0 aromatic heterocycles. The van der Waals surface area contributed by atoms with Crippen LogP contribution in [0.4, 0.5) is 13.2 Å². The van der Waals surface area contributed by atoms with Gasteiger partial charge in [0, 0.05) is 32.3 Å². The van der Waals surface area contributed by atoms with Gasteiger partial charge in [-0.15, -0.1) is 0 Å². The average Bonchev–Trinajstić information content (AvgIpc) is 2.93. The number of rotatable bonds is 5. The fourth-order valence-corrected chi connectivity index (χ4v) is 8.28. The highest BCUT2D eigenvalue weighted by Gasteiger charge is 2.36. The Morgan fingerprint density at radius 2 is 1.32 bits per heavy atom. The molecule has 0 atom stereocenters. The molecule has 9 heteroatoms. The quantitative estimate of drug-likeness (QED) is 0.377. The van der Waals surface area contributed by atoms with Crippen LogP contribution in [0.25, 0.3) is 6.08 Å². The molecule has 218 valence electrons. The Bertz CT molecular complexity index is 1370. The van der Waals surface area contributed by atoms with Gasteiger partial charge in [0.25, 0.3) is 0 Å². The van der Waals surface area contributed by atoms with E-state index < -0.39 is 21.8 Å². The summed E-state index contributed by atoms with van der Waals surface area (Å²) in [6.07, 6.45) is 1.64. The Labute approximate surface area is 236 Å². The predicted molar refractivity (Wildman–Crippen MR) is 151 cm³/mol. The summed E-state index contributed by atoms with van der Waals surface area (Å²) >= 11 is 0. The average molecular weight is 577 g/mol. The highest BCUT2D eigenvalue weighted by Crippen LogP contribution is 2.37. The number of nitrogens with zero attached hydrogens (tertiary/aromatic N) is 2. The van der Waals surface area contributed by atoms with Gasteiger partial charge in [-0.3, -0.25) is 4.79 Å².